The first-order valence-corrected chi connectivity index (χ1v) is 11.5. The zero-order chi connectivity index (χ0) is 23.6. The lowest BCUT2D eigenvalue weighted by molar-refractivity contribution is -0.119. The van der Waals surface area contributed by atoms with Crippen molar-refractivity contribution >= 4 is 28.6 Å². The number of nitrogens with zero attached hydrogens (tertiary/aromatic N) is 2. The molecule has 0 radical (unpaired) electrons. The number of nitrogens with one attached hydrogen (secondary N) is 1. The summed E-state index contributed by atoms with van der Waals surface area (Å²) in [7, 11) is 0. The van der Waals surface area contributed by atoms with Gasteiger partial charge in [-0.2, -0.15) is 0 Å². The van der Waals surface area contributed by atoms with Gasteiger partial charge in [-0.3, -0.25) is 9.78 Å². The molecule has 2 atom stereocenters. The maximum Gasteiger partial charge on any atom is 0.410 e. The zero-order valence-electron chi connectivity index (χ0n) is 19.7. The fourth-order valence-corrected chi connectivity index (χ4v) is 4.31. The molecule has 1 N–H and O–H groups in total. The molecule has 2 aromatic carbocycles. The Labute approximate surface area is 195 Å². The summed E-state index contributed by atoms with van der Waals surface area (Å²) in [6, 6.07) is 17.9. The SMILES string of the molecule is CCc1ccc([C@@H]2CN(C(=O)OC(C)(C)C)C[C@H]2C(=O)Nc2cccc3cccnc23)cc1. The third kappa shape index (κ3) is 5.16. The number of amides is 2. The number of hydrogen-bond donors (Lipinski definition) is 1. The highest BCUT2D eigenvalue weighted by molar-refractivity contribution is 6.01. The Bertz CT molecular complexity index is 1150. The molecule has 2 amide bonds. The summed E-state index contributed by atoms with van der Waals surface area (Å²) < 4.78 is 5.59. The highest BCUT2D eigenvalue weighted by Crippen LogP contribution is 2.35. The van der Waals surface area contributed by atoms with Crippen molar-refractivity contribution in [3.8, 4) is 0 Å². The zero-order valence-corrected chi connectivity index (χ0v) is 19.7. The second-order valence-corrected chi connectivity index (χ2v) is 9.56. The second-order valence-electron chi connectivity index (χ2n) is 9.56. The number of ether oxygens (including phenoxy) is 1. The van der Waals surface area contributed by atoms with E-state index in [2.05, 4.69) is 41.5 Å². The molecule has 2 heterocycles. The smallest absolute Gasteiger partial charge is 0.410 e. The highest BCUT2D eigenvalue weighted by atomic mass is 16.6. The third-order valence-corrected chi connectivity index (χ3v) is 6.02. The number of carbonyl (C=O) groups is 2. The number of pyridine rings is 1. The van der Waals surface area contributed by atoms with Crippen LogP contribution >= 0.6 is 0 Å². The van der Waals surface area contributed by atoms with Gasteiger partial charge in [0.25, 0.3) is 0 Å². The molecule has 0 saturated carbocycles. The van der Waals surface area contributed by atoms with Gasteiger partial charge in [-0.05, 0) is 50.5 Å². The number of anilines is 1. The molecule has 1 fully saturated rings. The molecule has 6 heteroatoms. The Hall–Kier alpha value is -3.41. The van der Waals surface area contributed by atoms with E-state index in [1.54, 1.807) is 11.1 Å². The van der Waals surface area contributed by atoms with E-state index in [0.717, 1.165) is 22.9 Å². The Morgan fingerprint density at radius 3 is 2.48 bits per heavy atom. The number of aryl methyl sites for hydroxylation is 1. The lowest BCUT2D eigenvalue weighted by atomic mass is 9.87. The van der Waals surface area contributed by atoms with Gasteiger partial charge in [0.2, 0.25) is 5.91 Å². The number of benzene rings is 2. The molecular formula is C27H31N3O3. The van der Waals surface area contributed by atoms with Crippen LogP contribution in [0.25, 0.3) is 10.9 Å². The van der Waals surface area contributed by atoms with Gasteiger partial charge in [-0.15, -0.1) is 0 Å². The van der Waals surface area contributed by atoms with E-state index in [-0.39, 0.29) is 17.9 Å². The number of carbonyl (C=O) groups excluding carboxylic acids is 2. The summed E-state index contributed by atoms with van der Waals surface area (Å²) in [5.41, 5.74) is 3.12. The Morgan fingerprint density at radius 1 is 1.06 bits per heavy atom. The van der Waals surface area contributed by atoms with E-state index in [4.69, 9.17) is 4.74 Å². The fraction of sp³-hybridized carbons (Fsp3) is 0.370. The molecule has 1 saturated heterocycles. The summed E-state index contributed by atoms with van der Waals surface area (Å²) in [4.78, 5) is 32.4. The standard InChI is InChI=1S/C27H31N3O3/c1-5-18-11-13-19(14-12-18)21-16-30(26(32)33-27(2,3)4)17-22(21)25(31)29-23-10-6-8-20-9-7-15-28-24(20)23/h6-15,21-22H,5,16-17H2,1-4H3,(H,29,31)/t21-,22+/m0/s1. The van der Waals surface area contributed by atoms with Crippen molar-refractivity contribution in [2.24, 2.45) is 5.92 Å². The molecule has 0 aliphatic carbocycles. The minimum Gasteiger partial charge on any atom is -0.444 e. The molecule has 6 nitrogen and oxygen atoms in total. The topological polar surface area (TPSA) is 71.5 Å². The maximum absolute atomic E-state index is 13.5. The maximum atomic E-state index is 13.5. The van der Waals surface area contributed by atoms with E-state index >= 15 is 0 Å². The van der Waals surface area contributed by atoms with Crippen LogP contribution in [-0.2, 0) is 16.0 Å². The normalized spacial score (nSPS) is 18.4. The van der Waals surface area contributed by atoms with Crippen LogP contribution in [0.4, 0.5) is 10.5 Å². The van der Waals surface area contributed by atoms with Gasteiger partial charge < -0.3 is 15.0 Å². The number of hydrogen-bond acceptors (Lipinski definition) is 4. The van der Waals surface area contributed by atoms with Gasteiger partial charge in [-0.25, -0.2) is 4.79 Å². The second kappa shape index (κ2) is 9.22. The highest BCUT2D eigenvalue weighted by Gasteiger charge is 2.41. The lowest BCUT2D eigenvalue weighted by Crippen LogP contribution is -2.36. The quantitative estimate of drug-likeness (QED) is 0.585. The first-order chi connectivity index (χ1) is 15.7. The number of likely N-dealkylation sites (tertiary alicyclic amines) is 1. The molecule has 4 rings (SSSR count). The van der Waals surface area contributed by atoms with Crippen LogP contribution in [-0.4, -0.2) is 40.6 Å². The van der Waals surface area contributed by atoms with Crippen molar-refractivity contribution < 1.29 is 14.3 Å². The van der Waals surface area contributed by atoms with Gasteiger partial charge in [0.1, 0.15) is 5.60 Å². The molecular weight excluding hydrogens is 414 g/mol. The molecule has 172 valence electrons. The van der Waals surface area contributed by atoms with Gasteiger partial charge >= 0.3 is 6.09 Å². The molecule has 1 aliphatic rings. The summed E-state index contributed by atoms with van der Waals surface area (Å²) >= 11 is 0. The van der Waals surface area contributed by atoms with Crippen LogP contribution in [0.3, 0.4) is 0 Å². The predicted molar refractivity (Wildman–Crippen MR) is 130 cm³/mol. The predicted octanol–water partition coefficient (Wildman–Crippen LogP) is 5.39. The van der Waals surface area contributed by atoms with Crippen LogP contribution in [0.2, 0.25) is 0 Å². The minimum absolute atomic E-state index is 0.119. The third-order valence-electron chi connectivity index (χ3n) is 6.02. The van der Waals surface area contributed by atoms with Gasteiger partial charge in [0.05, 0.1) is 17.1 Å². The van der Waals surface area contributed by atoms with Crippen LogP contribution in [0, 0.1) is 5.92 Å². The van der Waals surface area contributed by atoms with Crippen LogP contribution in [0.5, 0.6) is 0 Å². The Morgan fingerprint density at radius 2 is 1.79 bits per heavy atom. The largest absolute Gasteiger partial charge is 0.444 e. The van der Waals surface area contributed by atoms with E-state index < -0.39 is 11.5 Å². The first-order valence-electron chi connectivity index (χ1n) is 11.5. The number of fused-ring (bicyclic) bond motifs is 1. The lowest BCUT2D eigenvalue weighted by Gasteiger charge is -2.24. The average Bonchev–Trinajstić information content (AvgIpc) is 3.24. The molecule has 0 unspecified atom stereocenters. The average molecular weight is 446 g/mol. The van der Waals surface area contributed by atoms with E-state index in [0.29, 0.717) is 18.8 Å². The Balaban J connectivity index is 1.61. The molecule has 0 bridgehead atoms. The van der Waals surface area contributed by atoms with E-state index in [1.165, 1.54) is 5.56 Å². The van der Waals surface area contributed by atoms with Crippen molar-refractivity contribution in [2.45, 2.75) is 45.6 Å². The van der Waals surface area contributed by atoms with Crippen LogP contribution < -0.4 is 5.32 Å². The van der Waals surface area contributed by atoms with Crippen molar-refractivity contribution in [1.82, 2.24) is 9.88 Å². The van der Waals surface area contributed by atoms with Crippen LogP contribution in [0.1, 0.15) is 44.7 Å². The van der Waals surface area contributed by atoms with Gasteiger partial charge in [-0.1, -0.05) is 49.4 Å². The number of para-hydroxylation sites is 1. The first kappa shape index (κ1) is 22.8. The van der Waals surface area contributed by atoms with Gasteiger partial charge in [0.15, 0.2) is 0 Å². The van der Waals surface area contributed by atoms with Crippen molar-refractivity contribution in [1.29, 1.82) is 0 Å². The molecule has 33 heavy (non-hydrogen) atoms. The minimum atomic E-state index is -0.593. The van der Waals surface area contributed by atoms with Crippen molar-refractivity contribution in [2.75, 3.05) is 18.4 Å². The molecule has 0 spiro atoms. The fourth-order valence-electron chi connectivity index (χ4n) is 4.31. The van der Waals surface area contributed by atoms with E-state index in [1.807, 2.05) is 51.1 Å². The summed E-state index contributed by atoms with van der Waals surface area (Å²) in [6.07, 6.45) is 2.28. The Kier molecular flexibility index (Phi) is 6.36. The molecule has 3 aromatic rings. The van der Waals surface area contributed by atoms with E-state index in [9.17, 15) is 9.59 Å². The summed E-state index contributed by atoms with van der Waals surface area (Å²) in [6.45, 7) is 8.40. The van der Waals surface area contributed by atoms with Crippen molar-refractivity contribution in [3.05, 3.63) is 71.9 Å². The summed E-state index contributed by atoms with van der Waals surface area (Å²) in [5, 5.41) is 4.04. The van der Waals surface area contributed by atoms with Crippen LogP contribution in [0.15, 0.2) is 60.8 Å². The number of rotatable bonds is 4. The summed E-state index contributed by atoms with van der Waals surface area (Å²) in [5.74, 6) is -0.640. The monoisotopic (exact) mass is 445 g/mol. The molecule has 1 aliphatic heterocycles. The van der Waals surface area contributed by atoms with Gasteiger partial charge in [0, 0.05) is 30.6 Å². The number of aromatic nitrogens is 1. The molecule has 1 aromatic heterocycles. The van der Waals surface area contributed by atoms with Crippen molar-refractivity contribution in [3.63, 3.8) is 0 Å².